The molecule has 1 N–H and O–H groups in total. The van der Waals surface area contributed by atoms with Crippen molar-refractivity contribution >= 4 is 26.5 Å². The molecule has 0 radical (unpaired) electrons. The van der Waals surface area contributed by atoms with Crippen LogP contribution in [0.2, 0.25) is 13.1 Å². The SMILES string of the molecule is C=C(C)C(=O)OCCOC(=O)CCC(=O)OCCOCCOCCOCCOCCOCCO[Si](C)(C)O. The molecule has 0 heterocycles. The van der Waals surface area contributed by atoms with Gasteiger partial charge in [-0.2, -0.15) is 0 Å². The zero-order chi connectivity index (χ0) is 28.5. The van der Waals surface area contributed by atoms with Crippen molar-refractivity contribution < 1.29 is 61.5 Å². The number of esters is 3. The molecular formula is C24H44O13Si. The monoisotopic (exact) mass is 568 g/mol. The summed E-state index contributed by atoms with van der Waals surface area (Å²) in [6.45, 7) is 12.6. The molecule has 14 heteroatoms. The van der Waals surface area contributed by atoms with Crippen LogP contribution in [0.4, 0.5) is 0 Å². The highest BCUT2D eigenvalue weighted by molar-refractivity contribution is 6.63. The first-order valence-corrected chi connectivity index (χ1v) is 15.4. The Balaban J connectivity index is 3.31. The summed E-state index contributed by atoms with van der Waals surface area (Å²) in [6.07, 6.45) is -0.251. The molecule has 13 nitrogen and oxygen atoms in total. The van der Waals surface area contributed by atoms with Gasteiger partial charge in [0, 0.05) is 5.57 Å². The van der Waals surface area contributed by atoms with Crippen molar-refractivity contribution in [3.8, 4) is 0 Å². The molecule has 0 aromatic heterocycles. The molecule has 0 rings (SSSR count). The van der Waals surface area contributed by atoms with Gasteiger partial charge < -0.3 is 47.1 Å². The molecule has 38 heavy (non-hydrogen) atoms. The van der Waals surface area contributed by atoms with E-state index in [1.54, 1.807) is 13.1 Å². The molecule has 0 aromatic carbocycles. The van der Waals surface area contributed by atoms with E-state index in [9.17, 15) is 19.2 Å². The van der Waals surface area contributed by atoms with Gasteiger partial charge in [-0.1, -0.05) is 6.58 Å². The third-order valence-electron chi connectivity index (χ3n) is 4.12. The Morgan fingerprint density at radius 1 is 0.579 bits per heavy atom. The van der Waals surface area contributed by atoms with Gasteiger partial charge in [-0.3, -0.25) is 9.59 Å². The van der Waals surface area contributed by atoms with Crippen molar-refractivity contribution in [1.29, 1.82) is 0 Å². The van der Waals surface area contributed by atoms with E-state index < -0.39 is 26.5 Å². The normalized spacial score (nSPS) is 11.3. The van der Waals surface area contributed by atoms with Crippen molar-refractivity contribution in [1.82, 2.24) is 0 Å². The van der Waals surface area contributed by atoms with E-state index in [-0.39, 0.29) is 44.8 Å². The minimum absolute atomic E-state index is 0.0645. The van der Waals surface area contributed by atoms with E-state index in [1.165, 1.54) is 6.92 Å². The fourth-order valence-corrected chi connectivity index (χ4v) is 2.89. The molecule has 0 amide bonds. The number of ether oxygens (including phenoxy) is 8. The van der Waals surface area contributed by atoms with E-state index in [0.29, 0.717) is 66.1 Å². The van der Waals surface area contributed by atoms with Crippen molar-refractivity contribution in [2.24, 2.45) is 0 Å². The van der Waals surface area contributed by atoms with Crippen LogP contribution in [0.15, 0.2) is 12.2 Å². The first-order chi connectivity index (χ1) is 18.1. The first-order valence-electron chi connectivity index (χ1n) is 12.5. The van der Waals surface area contributed by atoms with Crippen LogP contribution in [0.25, 0.3) is 0 Å². The topological polar surface area (TPSA) is 155 Å². The van der Waals surface area contributed by atoms with Gasteiger partial charge in [0.25, 0.3) is 0 Å². The lowest BCUT2D eigenvalue weighted by Gasteiger charge is -2.14. The minimum atomic E-state index is -2.47. The third kappa shape index (κ3) is 27.1. The van der Waals surface area contributed by atoms with Crippen LogP contribution in [0.5, 0.6) is 0 Å². The van der Waals surface area contributed by atoms with E-state index in [1.807, 2.05) is 0 Å². The van der Waals surface area contributed by atoms with Crippen molar-refractivity contribution in [2.45, 2.75) is 32.9 Å². The summed E-state index contributed by atoms with van der Waals surface area (Å²) in [7, 11) is -2.47. The number of carbonyl (C=O) groups is 3. The van der Waals surface area contributed by atoms with Gasteiger partial charge in [-0.05, 0) is 20.0 Å². The van der Waals surface area contributed by atoms with Crippen LogP contribution >= 0.6 is 0 Å². The van der Waals surface area contributed by atoms with E-state index >= 15 is 0 Å². The second-order valence-corrected chi connectivity index (χ2v) is 11.4. The fourth-order valence-electron chi connectivity index (χ4n) is 2.31. The molecule has 0 bridgehead atoms. The van der Waals surface area contributed by atoms with Crippen LogP contribution in [-0.4, -0.2) is 124 Å². The summed E-state index contributed by atoms with van der Waals surface area (Å²) < 4.78 is 46.6. The van der Waals surface area contributed by atoms with Crippen LogP contribution < -0.4 is 0 Å². The summed E-state index contributed by atoms with van der Waals surface area (Å²) in [6, 6.07) is 0. The van der Waals surface area contributed by atoms with E-state index in [0.717, 1.165) is 0 Å². The van der Waals surface area contributed by atoms with Gasteiger partial charge in [0.2, 0.25) is 0 Å². The molecule has 0 atom stereocenters. The van der Waals surface area contributed by atoms with Gasteiger partial charge >= 0.3 is 26.5 Å². The Kier molecular flexibility index (Phi) is 22.9. The highest BCUT2D eigenvalue weighted by atomic mass is 28.4. The Labute approximate surface area is 225 Å². The molecule has 0 saturated heterocycles. The molecule has 0 saturated carbocycles. The van der Waals surface area contributed by atoms with Crippen LogP contribution in [0.3, 0.4) is 0 Å². The fraction of sp³-hybridized carbons (Fsp3) is 0.792. The molecular weight excluding hydrogens is 524 g/mol. The number of hydrogen-bond acceptors (Lipinski definition) is 13. The second-order valence-electron chi connectivity index (χ2n) is 8.21. The average Bonchev–Trinajstić information content (AvgIpc) is 2.85. The lowest BCUT2D eigenvalue weighted by Crippen LogP contribution is -2.31. The standard InChI is InChI=1S/C24H44O13Si/c1-21(2)24(27)36-19-18-35-23(26)6-5-22(25)34-17-15-32-13-11-30-9-7-29-8-10-31-12-14-33-16-20-37-38(3,4)28/h28H,1,5-20H2,2-4H3. The third-order valence-corrected chi connectivity index (χ3v) is 5.03. The number of rotatable bonds is 26. The zero-order valence-corrected chi connectivity index (χ0v) is 23.9. The molecule has 0 aliphatic rings. The maximum Gasteiger partial charge on any atom is 0.333 e. The Hall–Kier alpha value is -1.91. The van der Waals surface area contributed by atoms with Crippen LogP contribution in [0, 0.1) is 0 Å². The predicted molar refractivity (Wildman–Crippen MR) is 137 cm³/mol. The molecule has 0 aliphatic heterocycles. The summed E-state index contributed by atoms with van der Waals surface area (Å²) in [5.41, 5.74) is 0.255. The van der Waals surface area contributed by atoms with Gasteiger partial charge in [0.05, 0.1) is 85.5 Å². The summed E-state index contributed by atoms with van der Waals surface area (Å²) in [5.74, 6) is -1.69. The molecule has 0 fully saturated rings. The minimum Gasteiger partial charge on any atom is -0.463 e. The van der Waals surface area contributed by atoms with Crippen LogP contribution in [-0.2, 0) is 56.7 Å². The van der Waals surface area contributed by atoms with Gasteiger partial charge in [0.1, 0.15) is 19.8 Å². The maximum absolute atomic E-state index is 11.6. The van der Waals surface area contributed by atoms with Crippen LogP contribution in [0.1, 0.15) is 19.8 Å². The number of hydrogen-bond donors (Lipinski definition) is 1. The molecule has 222 valence electrons. The van der Waals surface area contributed by atoms with E-state index in [2.05, 4.69) is 6.58 Å². The van der Waals surface area contributed by atoms with Gasteiger partial charge in [0.15, 0.2) is 0 Å². The lowest BCUT2D eigenvalue weighted by atomic mass is 10.3. The largest absolute Gasteiger partial charge is 0.463 e. The Morgan fingerprint density at radius 3 is 1.26 bits per heavy atom. The summed E-state index contributed by atoms with van der Waals surface area (Å²) in [4.78, 5) is 43.8. The first kappa shape index (κ1) is 36.1. The second kappa shape index (κ2) is 24.1. The van der Waals surface area contributed by atoms with E-state index in [4.69, 9.17) is 42.3 Å². The molecule has 0 spiro atoms. The summed E-state index contributed by atoms with van der Waals surface area (Å²) >= 11 is 0. The van der Waals surface area contributed by atoms with Gasteiger partial charge in [-0.25, -0.2) is 4.79 Å². The van der Waals surface area contributed by atoms with Crippen molar-refractivity contribution in [3.05, 3.63) is 12.2 Å². The average molecular weight is 569 g/mol. The summed E-state index contributed by atoms with van der Waals surface area (Å²) in [5, 5.41) is 0. The molecule has 0 aromatic rings. The Bertz CT molecular complexity index is 652. The smallest absolute Gasteiger partial charge is 0.333 e. The van der Waals surface area contributed by atoms with Gasteiger partial charge in [-0.15, -0.1) is 0 Å². The molecule has 0 unspecified atom stereocenters. The zero-order valence-electron chi connectivity index (χ0n) is 22.9. The lowest BCUT2D eigenvalue weighted by molar-refractivity contribution is -0.153. The predicted octanol–water partition coefficient (Wildman–Crippen LogP) is 0.766. The highest BCUT2D eigenvalue weighted by Gasteiger charge is 2.17. The molecule has 0 aliphatic carbocycles. The van der Waals surface area contributed by atoms with Crippen molar-refractivity contribution in [3.63, 3.8) is 0 Å². The number of carbonyl (C=O) groups excluding carboxylic acids is 3. The maximum atomic E-state index is 11.6. The highest BCUT2D eigenvalue weighted by Crippen LogP contribution is 1.98. The quantitative estimate of drug-likeness (QED) is 0.0514. The van der Waals surface area contributed by atoms with Crippen molar-refractivity contribution in [2.75, 3.05) is 92.5 Å². The Morgan fingerprint density at radius 2 is 0.895 bits per heavy atom.